The van der Waals surface area contributed by atoms with Gasteiger partial charge in [0.15, 0.2) is 5.17 Å². The molecular formula is C24H26ClN3O2S. The quantitative estimate of drug-likeness (QED) is 0.436. The maximum atomic E-state index is 12.6. The molecule has 0 aromatic heterocycles. The Bertz CT molecular complexity index is 1000. The van der Waals surface area contributed by atoms with Crippen molar-refractivity contribution in [2.45, 2.75) is 19.8 Å². The fourth-order valence-corrected chi connectivity index (χ4v) is 4.70. The van der Waals surface area contributed by atoms with E-state index < -0.39 is 0 Å². The zero-order valence-corrected chi connectivity index (χ0v) is 19.2. The Morgan fingerprint density at radius 3 is 2.65 bits per heavy atom. The van der Waals surface area contributed by atoms with Gasteiger partial charge in [0.1, 0.15) is 5.75 Å². The number of aliphatic imine (C=N–C) groups is 1. The molecule has 2 aliphatic rings. The summed E-state index contributed by atoms with van der Waals surface area (Å²) >= 11 is 7.58. The molecule has 2 aromatic rings. The van der Waals surface area contributed by atoms with Crippen LogP contribution in [-0.4, -0.2) is 48.8 Å². The van der Waals surface area contributed by atoms with Gasteiger partial charge in [0.2, 0.25) is 0 Å². The first kappa shape index (κ1) is 21.8. The van der Waals surface area contributed by atoms with Gasteiger partial charge in [-0.15, -0.1) is 0 Å². The first-order chi connectivity index (χ1) is 15.1. The number of anilines is 1. The lowest BCUT2D eigenvalue weighted by atomic mass is 10.2. The van der Waals surface area contributed by atoms with Crippen LogP contribution in [0.5, 0.6) is 5.75 Å². The number of nitrogens with zero attached hydrogens (tertiary/aromatic N) is 3. The predicted octanol–water partition coefficient (Wildman–Crippen LogP) is 5.31. The predicted molar refractivity (Wildman–Crippen MR) is 130 cm³/mol. The lowest BCUT2D eigenvalue weighted by molar-refractivity contribution is -0.113. The number of para-hydroxylation sites is 1. The molecule has 162 valence electrons. The second-order valence-electron chi connectivity index (χ2n) is 7.50. The van der Waals surface area contributed by atoms with Gasteiger partial charge in [0, 0.05) is 42.5 Å². The second kappa shape index (κ2) is 10.2. The van der Waals surface area contributed by atoms with Crippen molar-refractivity contribution in [1.29, 1.82) is 0 Å². The molecule has 1 fully saturated rings. The maximum absolute atomic E-state index is 12.6. The van der Waals surface area contributed by atoms with Crippen molar-refractivity contribution in [2.75, 3.05) is 37.7 Å². The highest BCUT2D eigenvalue weighted by Crippen LogP contribution is 2.33. The van der Waals surface area contributed by atoms with Crippen molar-refractivity contribution in [3.05, 3.63) is 64.0 Å². The molecule has 31 heavy (non-hydrogen) atoms. The largest absolute Gasteiger partial charge is 0.493 e. The zero-order valence-electron chi connectivity index (χ0n) is 17.6. The summed E-state index contributed by atoms with van der Waals surface area (Å²) in [4.78, 5) is 22.0. The highest BCUT2D eigenvalue weighted by atomic mass is 35.5. The Balaban J connectivity index is 1.39. The number of carbonyl (C=O) groups is 1. The Morgan fingerprint density at radius 1 is 1.10 bits per heavy atom. The number of amidine groups is 1. The monoisotopic (exact) mass is 455 g/mol. The Labute approximate surface area is 192 Å². The molecule has 0 saturated carbocycles. The molecule has 2 heterocycles. The highest BCUT2D eigenvalue weighted by molar-refractivity contribution is 8.18. The molecule has 0 aliphatic carbocycles. The van der Waals surface area contributed by atoms with Crippen LogP contribution in [-0.2, 0) is 4.79 Å². The van der Waals surface area contributed by atoms with E-state index >= 15 is 0 Å². The van der Waals surface area contributed by atoms with Crippen molar-refractivity contribution in [3.8, 4) is 5.75 Å². The van der Waals surface area contributed by atoms with Gasteiger partial charge in [-0.25, -0.2) is 0 Å². The summed E-state index contributed by atoms with van der Waals surface area (Å²) in [6, 6.07) is 15.8. The van der Waals surface area contributed by atoms with Crippen LogP contribution in [0.3, 0.4) is 0 Å². The van der Waals surface area contributed by atoms with Crippen LogP contribution in [0.25, 0.3) is 6.08 Å². The van der Waals surface area contributed by atoms with Gasteiger partial charge in [0.25, 0.3) is 5.91 Å². The summed E-state index contributed by atoms with van der Waals surface area (Å²) in [6.07, 6.45) is 3.99. The van der Waals surface area contributed by atoms with E-state index in [0.29, 0.717) is 11.5 Å². The number of thioether (sulfide) groups is 1. The average molecular weight is 456 g/mol. The molecule has 0 radical (unpaired) electrons. The van der Waals surface area contributed by atoms with Gasteiger partial charge in [-0.3, -0.25) is 4.79 Å². The molecule has 2 aliphatic heterocycles. The molecule has 0 spiro atoms. The number of benzene rings is 2. The fourth-order valence-electron chi connectivity index (χ4n) is 3.56. The van der Waals surface area contributed by atoms with Crippen LogP contribution in [0.4, 0.5) is 5.69 Å². The minimum absolute atomic E-state index is 0.180. The standard InChI is InChI=1S/C24H26ClN3O2S/c1-2-3-15-30-21-10-5-4-7-18(21)16-22-23(29)26-24(31-22)28-13-11-27(12-14-28)20-9-6-8-19(25)17-20/h4-10,16-17H,2-3,11-15H2,1H3/b22-16+. The smallest absolute Gasteiger partial charge is 0.286 e. The lowest BCUT2D eigenvalue weighted by Gasteiger charge is -2.36. The third kappa shape index (κ3) is 5.43. The van der Waals surface area contributed by atoms with Crippen LogP contribution in [0.2, 0.25) is 5.02 Å². The number of rotatable bonds is 6. The summed E-state index contributed by atoms with van der Waals surface area (Å²) in [7, 11) is 0. The van der Waals surface area contributed by atoms with Gasteiger partial charge in [-0.2, -0.15) is 4.99 Å². The summed E-state index contributed by atoms with van der Waals surface area (Å²) in [5, 5.41) is 1.53. The van der Waals surface area contributed by atoms with E-state index in [1.165, 1.54) is 11.8 Å². The molecule has 0 N–H and O–H groups in total. The minimum atomic E-state index is -0.180. The molecule has 0 atom stereocenters. The van der Waals surface area contributed by atoms with Crippen molar-refractivity contribution in [1.82, 2.24) is 4.90 Å². The number of hydrogen-bond acceptors (Lipinski definition) is 5. The Morgan fingerprint density at radius 2 is 1.87 bits per heavy atom. The number of ether oxygens (including phenoxy) is 1. The van der Waals surface area contributed by atoms with Crippen LogP contribution in [0.15, 0.2) is 58.4 Å². The summed E-state index contributed by atoms with van der Waals surface area (Å²) < 4.78 is 5.90. The van der Waals surface area contributed by atoms with E-state index in [0.717, 1.165) is 66.2 Å². The first-order valence-electron chi connectivity index (χ1n) is 10.6. The number of amides is 1. The molecule has 5 nitrogen and oxygen atoms in total. The number of halogens is 1. The normalized spacial score (nSPS) is 17.9. The van der Waals surface area contributed by atoms with Gasteiger partial charge in [0.05, 0.1) is 11.5 Å². The third-order valence-corrected chi connectivity index (χ3v) is 6.57. The fraction of sp³-hybridized carbons (Fsp3) is 0.333. The Hall–Kier alpha value is -2.44. The molecule has 2 aromatic carbocycles. The molecule has 0 unspecified atom stereocenters. The third-order valence-electron chi connectivity index (χ3n) is 5.29. The van der Waals surface area contributed by atoms with Gasteiger partial charge < -0.3 is 14.5 Å². The molecule has 1 amide bonds. The van der Waals surface area contributed by atoms with Crippen molar-refractivity contribution >= 4 is 46.2 Å². The summed E-state index contributed by atoms with van der Waals surface area (Å²) in [6.45, 7) is 6.17. The van der Waals surface area contributed by atoms with Crippen molar-refractivity contribution < 1.29 is 9.53 Å². The second-order valence-corrected chi connectivity index (χ2v) is 8.95. The van der Waals surface area contributed by atoms with E-state index in [4.69, 9.17) is 16.3 Å². The van der Waals surface area contributed by atoms with Crippen LogP contribution < -0.4 is 9.64 Å². The van der Waals surface area contributed by atoms with Crippen LogP contribution >= 0.6 is 23.4 Å². The molecule has 7 heteroatoms. The Kier molecular flexibility index (Phi) is 7.20. The van der Waals surface area contributed by atoms with Crippen LogP contribution in [0.1, 0.15) is 25.3 Å². The molecule has 0 bridgehead atoms. The van der Waals surface area contributed by atoms with E-state index in [9.17, 15) is 4.79 Å². The average Bonchev–Trinajstić information content (AvgIpc) is 3.15. The summed E-state index contributed by atoms with van der Waals surface area (Å²) in [5.41, 5.74) is 2.04. The lowest BCUT2D eigenvalue weighted by Crippen LogP contribution is -2.47. The highest BCUT2D eigenvalue weighted by Gasteiger charge is 2.28. The SMILES string of the molecule is CCCCOc1ccccc1/C=C1/SC(N2CCN(c3cccc(Cl)c3)CC2)=NC1=O. The summed E-state index contributed by atoms with van der Waals surface area (Å²) in [5.74, 6) is 0.626. The molecule has 4 rings (SSSR count). The number of piperazine rings is 1. The van der Waals surface area contributed by atoms with E-state index in [2.05, 4.69) is 27.8 Å². The number of hydrogen-bond donors (Lipinski definition) is 0. The van der Waals surface area contributed by atoms with E-state index in [1.54, 1.807) is 0 Å². The topological polar surface area (TPSA) is 45.1 Å². The number of unbranched alkanes of at least 4 members (excludes halogenated alkanes) is 1. The van der Waals surface area contributed by atoms with Crippen molar-refractivity contribution in [2.24, 2.45) is 4.99 Å². The zero-order chi connectivity index (χ0) is 21.6. The molecular weight excluding hydrogens is 430 g/mol. The van der Waals surface area contributed by atoms with Gasteiger partial charge >= 0.3 is 0 Å². The van der Waals surface area contributed by atoms with Crippen LogP contribution in [0, 0.1) is 0 Å². The van der Waals surface area contributed by atoms with Crippen molar-refractivity contribution in [3.63, 3.8) is 0 Å². The first-order valence-corrected chi connectivity index (χ1v) is 11.8. The van der Waals surface area contributed by atoms with E-state index in [-0.39, 0.29) is 5.91 Å². The maximum Gasteiger partial charge on any atom is 0.286 e. The molecule has 1 saturated heterocycles. The van der Waals surface area contributed by atoms with Gasteiger partial charge in [-0.1, -0.05) is 49.2 Å². The number of carbonyl (C=O) groups excluding carboxylic acids is 1. The minimum Gasteiger partial charge on any atom is -0.493 e. The van der Waals surface area contributed by atoms with E-state index in [1.807, 2.05) is 48.5 Å². The van der Waals surface area contributed by atoms with Gasteiger partial charge in [-0.05, 0) is 48.5 Å².